The molecule has 1 aromatic heterocycles. The number of hydrogen-bond acceptors (Lipinski definition) is 5. The number of rotatable bonds is 6. The Labute approximate surface area is 219 Å². The number of thiazole rings is 1. The molecule has 2 fully saturated rings. The fraction of sp³-hybridized carbons (Fsp3) is 0.393. The molecule has 3 heterocycles. The van der Waals surface area contributed by atoms with Gasteiger partial charge in [-0.2, -0.15) is 0 Å². The average Bonchev–Trinajstić information content (AvgIpc) is 3.42. The fourth-order valence-corrected chi connectivity index (χ4v) is 5.92. The lowest BCUT2D eigenvalue weighted by atomic mass is 9.97. The first-order chi connectivity index (χ1) is 17.9. The van der Waals surface area contributed by atoms with Crippen molar-refractivity contribution in [2.24, 2.45) is 0 Å². The van der Waals surface area contributed by atoms with E-state index in [0.29, 0.717) is 31.9 Å². The number of nitrogens with zero attached hydrogens (tertiary/aromatic N) is 4. The molecule has 194 valence electrons. The molecule has 0 aliphatic carbocycles. The van der Waals surface area contributed by atoms with E-state index in [1.807, 2.05) is 15.2 Å². The molecule has 5 rings (SSSR count). The lowest BCUT2D eigenvalue weighted by Crippen LogP contribution is -2.48. The zero-order valence-corrected chi connectivity index (χ0v) is 21.4. The van der Waals surface area contributed by atoms with Crippen molar-refractivity contribution in [2.45, 2.75) is 31.7 Å². The van der Waals surface area contributed by atoms with E-state index in [1.165, 1.54) is 35.6 Å². The van der Waals surface area contributed by atoms with Gasteiger partial charge in [0, 0.05) is 57.1 Å². The number of amides is 2. The topological polar surface area (TPSA) is 56.8 Å². The summed E-state index contributed by atoms with van der Waals surface area (Å²) in [7, 11) is 0. The van der Waals surface area contributed by atoms with Gasteiger partial charge in [-0.05, 0) is 48.2 Å². The number of piperidine rings is 1. The SMILES string of the molecule is O=C(Cc1ccc(F)cc1)N1CCC(c2nc(C(=O)N3CCN(Cc4ccc(F)cc4)CC3)cs2)CC1. The van der Waals surface area contributed by atoms with E-state index >= 15 is 0 Å². The third-order valence-electron chi connectivity index (χ3n) is 7.19. The molecule has 0 N–H and O–H groups in total. The number of aromatic nitrogens is 1. The van der Waals surface area contributed by atoms with Crippen molar-refractivity contribution in [3.05, 3.63) is 87.4 Å². The van der Waals surface area contributed by atoms with Gasteiger partial charge in [-0.1, -0.05) is 24.3 Å². The zero-order valence-electron chi connectivity index (χ0n) is 20.6. The predicted molar refractivity (Wildman–Crippen MR) is 138 cm³/mol. The molecule has 2 aliphatic rings. The largest absolute Gasteiger partial charge is 0.342 e. The monoisotopic (exact) mass is 524 g/mol. The van der Waals surface area contributed by atoms with E-state index in [1.54, 1.807) is 24.3 Å². The number of hydrogen-bond donors (Lipinski definition) is 0. The summed E-state index contributed by atoms with van der Waals surface area (Å²) in [4.78, 5) is 36.4. The number of piperazine rings is 1. The summed E-state index contributed by atoms with van der Waals surface area (Å²) in [6.45, 7) is 4.87. The number of carbonyl (C=O) groups is 2. The van der Waals surface area contributed by atoms with Gasteiger partial charge in [0.25, 0.3) is 5.91 Å². The quantitative estimate of drug-likeness (QED) is 0.482. The first kappa shape index (κ1) is 25.5. The molecule has 0 unspecified atom stereocenters. The van der Waals surface area contributed by atoms with Crippen LogP contribution in [-0.2, 0) is 17.8 Å². The second kappa shape index (κ2) is 11.5. The molecule has 2 amide bonds. The van der Waals surface area contributed by atoms with Gasteiger partial charge in [-0.25, -0.2) is 13.8 Å². The zero-order chi connectivity index (χ0) is 25.8. The second-order valence-electron chi connectivity index (χ2n) is 9.72. The minimum atomic E-state index is -0.303. The fourth-order valence-electron chi connectivity index (χ4n) is 4.96. The van der Waals surface area contributed by atoms with Crippen LogP contribution >= 0.6 is 11.3 Å². The Bertz CT molecular complexity index is 1220. The Kier molecular flexibility index (Phi) is 7.90. The molecular weight excluding hydrogens is 494 g/mol. The average molecular weight is 525 g/mol. The van der Waals surface area contributed by atoms with E-state index in [0.717, 1.165) is 48.6 Å². The van der Waals surface area contributed by atoms with Crippen LogP contribution < -0.4 is 0 Å². The summed E-state index contributed by atoms with van der Waals surface area (Å²) in [5.41, 5.74) is 2.38. The van der Waals surface area contributed by atoms with Crippen molar-refractivity contribution in [3.63, 3.8) is 0 Å². The van der Waals surface area contributed by atoms with E-state index < -0.39 is 0 Å². The van der Waals surface area contributed by atoms with Crippen molar-refractivity contribution in [3.8, 4) is 0 Å². The maximum atomic E-state index is 13.1. The lowest BCUT2D eigenvalue weighted by Gasteiger charge is -2.34. The molecule has 0 saturated carbocycles. The highest BCUT2D eigenvalue weighted by Gasteiger charge is 2.28. The third kappa shape index (κ3) is 6.40. The first-order valence-electron chi connectivity index (χ1n) is 12.7. The first-order valence-corrected chi connectivity index (χ1v) is 13.6. The second-order valence-corrected chi connectivity index (χ2v) is 10.6. The van der Waals surface area contributed by atoms with Crippen molar-refractivity contribution in [1.82, 2.24) is 19.7 Å². The molecule has 0 radical (unpaired) electrons. The molecule has 0 bridgehead atoms. The molecule has 6 nitrogen and oxygen atoms in total. The highest BCUT2D eigenvalue weighted by molar-refractivity contribution is 7.09. The number of halogens is 2. The molecule has 2 saturated heterocycles. The van der Waals surface area contributed by atoms with Gasteiger partial charge >= 0.3 is 0 Å². The summed E-state index contributed by atoms with van der Waals surface area (Å²) in [6, 6.07) is 12.6. The van der Waals surface area contributed by atoms with Gasteiger partial charge in [-0.3, -0.25) is 14.5 Å². The van der Waals surface area contributed by atoms with Crippen molar-refractivity contribution in [1.29, 1.82) is 0 Å². The van der Waals surface area contributed by atoms with Crippen LogP contribution in [0, 0.1) is 11.6 Å². The van der Waals surface area contributed by atoms with Crippen molar-refractivity contribution < 1.29 is 18.4 Å². The molecule has 0 spiro atoms. The van der Waals surface area contributed by atoms with E-state index in [-0.39, 0.29) is 35.8 Å². The van der Waals surface area contributed by atoms with Crippen LogP contribution in [0.25, 0.3) is 0 Å². The Morgan fingerprint density at radius 3 is 2.03 bits per heavy atom. The molecule has 37 heavy (non-hydrogen) atoms. The van der Waals surface area contributed by atoms with Crippen molar-refractivity contribution in [2.75, 3.05) is 39.3 Å². The predicted octanol–water partition coefficient (Wildman–Crippen LogP) is 4.33. The Morgan fingerprint density at radius 1 is 0.811 bits per heavy atom. The van der Waals surface area contributed by atoms with Crippen LogP contribution in [0.5, 0.6) is 0 Å². The highest BCUT2D eigenvalue weighted by Crippen LogP contribution is 2.31. The molecule has 0 atom stereocenters. The standard InChI is InChI=1S/C28H30F2N4O2S/c29-23-5-1-20(2-6-23)17-26(35)33-11-9-22(10-12-33)27-31-25(19-37-27)28(36)34-15-13-32(14-16-34)18-21-3-7-24(30)8-4-21/h1-8,19,22H,9-18H2. The smallest absolute Gasteiger partial charge is 0.273 e. The maximum absolute atomic E-state index is 13.1. The Morgan fingerprint density at radius 2 is 1.41 bits per heavy atom. The summed E-state index contributed by atoms with van der Waals surface area (Å²) in [5, 5.41) is 2.82. The van der Waals surface area contributed by atoms with Crippen LogP contribution in [0.2, 0.25) is 0 Å². The van der Waals surface area contributed by atoms with Gasteiger partial charge in [-0.15, -0.1) is 11.3 Å². The van der Waals surface area contributed by atoms with E-state index in [2.05, 4.69) is 9.88 Å². The van der Waals surface area contributed by atoms with E-state index in [4.69, 9.17) is 0 Å². The number of carbonyl (C=O) groups excluding carboxylic acids is 2. The van der Waals surface area contributed by atoms with Gasteiger partial charge in [0.15, 0.2) is 0 Å². The van der Waals surface area contributed by atoms with Gasteiger partial charge in [0.05, 0.1) is 11.4 Å². The van der Waals surface area contributed by atoms with Crippen LogP contribution in [0.15, 0.2) is 53.9 Å². The van der Waals surface area contributed by atoms with Crippen LogP contribution in [0.1, 0.15) is 45.4 Å². The minimum absolute atomic E-state index is 0.0316. The third-order valence-corrected chi connectivity index (χ3v) is 8.19. The van der Waals surface area contributed by atoms with E-state index in [9.17, 15) is 18.4 Å². The molecule has 9 heteroatoms. The van der Waals surface area contributed by atoms with Gasteiger partial charge in [0.1, 0.15) is 17.3 Å². The molecular formula is C28H30F2N4O2S. The Balaban J connectivity index is 1.09. The van der Waals surface area contributed by atoms with Crippen LogP contribution in [0.4, 0.5) is 8.78 Å². The summed E-state index contributed by atoms with van der Waals surface area (Å²) >= 11 is 1.53. The molecule has 2 aliphatic heterocycles. The molecule has 3 aromatic rings. The number of benzene rings is 2. The number of likely N-dealkylation sites (tertiary alicyclic amines) is 1. The van der Waals surface area contributed by atoms with Crippen LogP contribution in [0.3, 0.4) is 0 Å². The molecule has 2 aromatic carbocycles. The van der Waals surface area contributed by atoms with Crippen LogP contribution in [-0.4, -0.2) is 70.8 Å². The van der Waals surface area contributed by atoms with Gasteiger partial charge < -0.3 is 9.80 Å². The maximum Gasteiger partial charge on any atom is 0.273 e. The minimum Gasteiger partial charge on any atom is -0.342 e. The van der Waals surface area contributed by atoms with Crippen molar-refractivity contribution >= 4 is 23.2 Å². The summed E-state index contributed by atoms with van der Waals surface area (Å²) in [5.74, 6) is -0.270. The highest BCUT2D eigenvalue weighted by atomic mass is 32.1. The normalized spacial score (nSPS) is 17.2. The lowest BCUT2D eigenvalue weighted by molar-refractivity contribution is -0.131. The summed E-state index contributed by atoms with van der Waals surface area (Å²) < 4.78 is 26.2. The summed E-state index contributed by atoms with van der Waals surface area (Å²) in [6.07, 6.45) is 1.91. The Hall–Kier alpha value is -3.17. The van der Waals surface area contributed by atoms with Gasteiger partial charge in [0.2, 0.25) is 5.91 Å².